The lowest BCUT2D eigenvalue weighted by molar-refractivity contribution is -0.662. The number of rotatable bonds is 7. The summed E-state index contributed by atoms with van der Waals surface area (Å²) in [5.74, 6) is -71.4. The lowest BCUT2D eigenvalue weighted by Gasteiger charge is -2.44. The summed E-state index contributed by atoms with van der Waals surface area (Å²) >= 11 is 0. The molecular formula is C40H11BF20N2O2. The molecule has 0 saturated heterocycles. The molecule has 336 valence electrons. The molecule has 7 aromatic rings. The average molecular weight is 942 g/mol. The van der Waals surface area contributed by atoms with Crippen molar-refractivity contribution >= 4 is 44.9 Å². The fourth-order valence-electron chi connectivity index (χ4n) is 6.94. The van der Waals surface area contributed by atoms with E-state index in [0.717, 1.165) is 11.1 Å². The molecule has 65 heavy (non-hydrogen) atoms. The van der Waals surface area contributed by atoms with Gasteiger partial charge in [0.05, 0.1) is 11.6 Å². The standard InChI is InChI=1S/C24BF20.C16H11N2O2/c26-5-1(6(27)14(35)21(42)13(5)34)25(2-7(28)15(36)22(43)16(37)8(2)29,3-9(30)17(38)23(44)18(39)10(3)31)4-11(32)19(40)24(45)20(41)12(4)33;17-9-12-5-7-13(8-6-12)15(19)10-18-11-20-16-4-2-1-3-14(16)18/h;1-8,11H,10H2/q-1;+1. The predicted molar refractivity (Wildman–Crippen MR) is 181 cm³/mol. The van der Waals surface area contributed by atoms with Crippen LogP contribution < -0.4 is 26.4 Å². The zero-order valence-electron chi connectivity index (χ0n) is 30.8. The van der Waals surface area contributed by atoms with Gasteiger partial charge in [0.2, 0.25) is 17.9 Å². The highest BCUT2D eigenvalue weighted by Crippen LogP contribution is 2.31. The van der Waals surface area contributed by atoms with Gasteiger partial charge in [0.1, 0.15) is 52.7 Å². The van der Waals surface area contributed by atoms with Crippen LogP contribution in [0, 0.1) is 128 Å². The Labute approximate surface area is 346 Å². The van der Waals surface area contributed by atoms with Crippen LogP contribution in [0.25, 0.3) is 11.1 Å². The number of aromatic nitrogens is 1. The van der Waals surface area contributed by atoms with Gasteiger partial charge in [-0.1, -0.05) is 12.1 Å². The number of fused-ring (bicyclic) bond motifs is 1. The third-order valence-corrected chi connectivity index (χ3v) is 9.84. The van der Waals surface area contributed by atoms with Crippen molar-refractivity contribution in [3.8, 4) is 6.07 Å². The van der Waals surface area contributed by atoms with Crippen LogP contribution in [0.3, 0.4) is 0 Å². The first-order chi connectivity index (χ1) is 30.5. The SMILES string of the molecule is Fc1c(F)c(F)c([B-](c2c(F)c(F)c(F)c(F)c2F)(c2c(F)c(F)c(F)c(F)c2F)c2c(F)c(F)c(F)c(F)c2F)c(F)c1F.N#Cc1ccc(C(=O)C[n+]2coc3ccccc32)cc1. The molecule has 0 aliphatic rings. The van der Waals surface area contributed by atoms with Crippen molar-refractivity contribution < 1.29 is 102 Å². The van der Waals surface area contributed by atoms with E-state index in [-0.39, 0.29) is 12.3 Å². The normalized spacial score (nSPS) is 11.5. The number of nitrogens with zero attached hydrogens (tertiary/aromatic N) is 2. The molecule has 6 aromatic carbocycles. The van der Waals surface area contributed by atoms with Crippen molar-refractivity contribution in [2.24, 2.45) is 0 Å². The number of oxazole rings is 1. The van der Waals surface area contributed by atoms with E-state index in [1.165, 1.54) is 0 Å². The first kappa shape index (κ1) is 47.1. The molecule has 0 fully saturated rings. The van der Waals surface area contributed by atoms with Gasteiger partial charge in [-0.05, 0) is 30.3 Å². The molecule has 0 spiro atoms. The number of Topliss-reactive ketones (excluding diaryl/α,β-unsaturated/α-hetero) is 1. The molecule has 25 heteroatoms. The topological polar surface area (TPSA) is 57.9 Å². The van der Waals surface area contributed by atoms with Gasteiger partial charge in [-0.3, -0.25) is 4.79 Å². The van der Waals surface area contributed by atoms with Gasteiger partial charge in [-0.2, -0.15) is 9.83 Å². The van der Waals surface area contributed by atoms with Gasteiger partial charge in [0.25, 0.3) is 5.52 Å². The first-order valence-electron chi connectivity index (χ1n) is 17.1. The second kappa shape index (κ2) is 17.3. The van der Waals surface area contributed by atoms with Gasteiger partial charge in [-0.25, -0.2) is 87.8 Å². The number of carbonyl (C=O) groups is 1. The molecule has 0 saturated carbocycles. The molecule has 7 rings (SSSR count). The summed E-state index contributed by atoms with van der Waals surface area (Å²) in [6.45, 7) is 0.211. The van der Waals surface area contributed by atoms with Crippen molar-refractivity contribution in [2.75, 3.05) is 0 Å². The monoisotopic (exact) mass is 942 g/mol. The number of nitriles is 1. The van der Waals surface area contributed by atoms with Crippen molar-refractivity contribution in [2.45, 2.75) is 6.54 Å². The summed E-state index contributed by atoms with van der Waals surface area (Å²) < 4.78 is 301. The fourth-order valence-corrected chi connectivity index (χ4v) is 6.94. The van der Waals surface area contributed by atoms with Gasteiger partial charge in [-0.15, -0.1) is 21.9 Å². The lowest BCUT2D eigenvalue weighted by Crippen LogP contribution is -2.81. The molecule has 0 radical (unpaired) electrons. The number of benzene rings is 6. The smallest absolute Gasteiger partial charge is 0.335 e. The number of para-hydroxylation sites is 2. The Hall–Kier alpha value is -7.39. The number of halogens is 20. The molecule has 0 atom stereocenters. The maximum Gasteiger partial charge on any atom is 0.335 e. The van der Waals surface area contributed by atoms with Gasteiger partial charge < -0.3 is 4.42 Å². The fraction of sp³-hybridized carbons (Fsp3) is 0.0250. The van der Waals surface area contributed by atoms with Gasteiger partial charge in [0, 0.05) is 11.6 Å². The third kappa shape index (κ3) is 7.25. The highest BCUT2D eigenvalue weighted by atomic mass is 19.2. The van der Waals surface area contributed by atoms with E-state index in [1.54, 1.807) is 35.2 Å². The number of hydrogen-bond acceptors (Lipinski definition) is 3. The second-order valence-corrected chi connectivity index (χ2v) is 13.2. The molecule has 1 aromatic heterocycles. The van der Waals surface area contributed by atoms with E-state index in [4.69, 9.17) is 9.68 Å². The highest BCUT2D eigenvalue weighted by Gasteiger charge is 2.52. The highest BCUT2D eigenvalue weighted by molar-refractivity contribution is 7.20. The van der Waals surface area contributed by atoms with E-state index in [2.05, 4.69) is 0 Å². The summed E-state index contributed by atoms with van der Waals surface area (Å²) in [5.41, 5.74) is -11.6. The van der Waals surface area contributed by atoms with Gasteiger partial charge in [0.15, 0.2) is 69.8 Å². The minimum atomic E-state index is -7.22. The predicted octanol–water partition coefficient (Wildman–Crippen LogP) is 8.32. The van der Waals surface area contributed by atoms with Crippen LogP contribution in [0.5, 0.6) is 0 Å². The zero-order chi connectivity index (χ0) is 48.3. The maximum absolute atomic E-state index is 15.4. The molecular weight excluding hydrogens is 931 g/mol. The van der Waals surface area contributed by atoms with Crippen LogP contribution in [-0.2, 0) is 6.54 Å². The number of hydrogen-bond donors (Lipinski definition) is 0. The van der Waals surface area contributed by atoms with Gasteiger partial charge >= 0.3 is 6.39 Å². The summed E-state index contributed by atoms with van der Waals surface area (Å²) in [7, 11) is 0. The van der Waals surface area contributed by atoms with Crippen LogP contribution >= 0.6 is 0 Å². The van der Waals surface area contributed by atoms with Crippen molar-refractivity contribution in [1.29, 1.82) is 5.26 Å². The lowest BCUT2D eigenvalue weighted by atomic mass is 9.12. The zero-order valence-corrected chi connectivity index (χ0v) is 30.8. The van der Waals surface area contributed by atoms with Crippen molar-refractivity contribution in [3.05, 3.63) is 182 Å². The quantitative estimate of drug-likeness (QED) is 0.0404. The molecule has 4 nitrogen and oxygen atoms in total. The Balaban J connectivity index is 0.000000289. The maximum atomic E-state index is 15.4. The summed E-state index contributed by atoms with van der Waals surface area (Å²) in [4.78, 5) is 12.2. The largest absolute Gasteiger partial charge is 0.404 e. The van der Waals surface area contributed by atoms with Crippen LogP contribution in [-0.4, -0.2) is 11.9 Å². The summed E-state index contributed by atoms with van der Waals surface area (Å²) in [6, 6.07) is 16.2. The summed E-state index contributed by atoms with van der Waals surface area (Å²) in [6.07, 6.45) is -5.67. The Morgan fingerprint density at radius 1 is 0.446 bits per heavy atom. The molecule has 0 amide bonds. The average Bonchev–Trinajstić information content (AvgIpc) is 3.71. The molecule has 0 N–H and O–H groups in total. The Morgan fingerprint density at radius 3 is 1.05 bits per heavy atom. The Bertz CT molecular complexity index is 2790. The molecule has 0 unspecified atom stereocenters. The van der Waals surface area contributed by atoms with E-state index in [1.807, 2.05) is 30.3 Å². The minimum absolute atomic E-state index is 0.0222. The first-order valence-corrected chi connectivity index (χ1v) is 17.1. The van der Waals surface area contributed by atoms with Crippen molar-refractivity contribution in [1.82, 2.24) is 0 Å². The van der Waals surface area contributed by atoms with Crippen molar-refractivity contribution in [3.63, 3.8) is 0 Å². The molecule has 0 aliphatic carbocycles. The van der Waals surface area contributed by atoms with Crippen LogP contribution in [0.15, 0.2) is 59.3 Å². The molecule has 1 heterocycles. The van der Waals surface area contributed by atoms with E-state index in [0.29, 0.717) is 11.1 Å². The number of ketones is 1. The summed E-state index contributed by atoms with van der Waals surface area (Å²) in [5, 5.41) is 8.74. The van der Waals surface area contributed by atoms with E-state index >= 15 is 35.1 Å². The Kier molecular flexibility index (Phi) is 12.5. The molecule has 0 bridgehead atoms. The second-order valence-electron chi connectivity index (χ2n) is 13.2. The van der Waals surface area contributed by atoms with Crippen LogP contribution in [0.1, 0.15) is 15.9 Å². The third-order valence-electron chi connectivity index (χ3n) is 9.84. The van der Waals surface area contributed by atoms with E-state index in [9.17, 15) is 57.5 Å². The van der Waals surface area contributed by atoms with E-state index < -0.39 is 144 Å². The Morgan fingerprint density at radius 2 is 0.738 bits per heavy atom. The minimum Gasteiger partial charge on any atom is -0.404 e. The number of carbonyl (C=O) groups excluding carboxylic acids is 1. The van der Waals surface area contributed by atoms with Crippen LogP contribution in [0.4, 0.5) is 87.8 Å². The van der Waals surface area contributed by atoms with Crippen LogP contribution in [0.2, 0.25) is 0 Å². The molecule has 0 aliphatic heterocycles.